The van der Waals surface area contributed by atoms with Crippen molar-refractivity contribution in [1.82, 2.24) is 0 Å². The van der Waals surface area contributed by atoms with E-state index in [1.54, 1.807) is 6.07 Å². The van der Waals surface area contributed by atoms with E-state index in [1.165, 1.54) is 26.0 Å². The van der Waals surface area contributed by atoms with Crippen LogP contribution in [0, 0.1) is 9.39 Å². The van der Waals surface area contributed by atoms with Crippen LogP contribution in [0.5, 0.6) is 0 Å². The lowest BCUT2D eigenvalue weighted by atomic mass is 10.1. The first-order valence-electron chi connectivity index (χ1n) is 5.96. The smallest absolute Gasteiger partial charge is 0.348 e. The van der Waals surface area contributed by atoms with Gasteiger partial charge in [-0.25, -0.2) is 14.0 Å². The largest absolute Gasteiger partial charge is 0.419 e. The second kappa shape index (κ2) is 6.04. The summed E-state index contributed by atoms with van der Waals surface area (Å²) in [5, 5.41) is 0.381. The quantitative estimate of drug-likeness (QED) is 0.219. The molecule has 0 spiro atoms. The molecule has 2 rings (SSSR count). The third-order valence-corrected chi connectivity index (χ3v) is 4.25. The van der Waals surface area contributed by atoms with Crippen LogP contribution in [0.15, 0.2) is 17.7 Å². The van der Waals surface area contributed by atoms with E-state index in [9.17, 15) is 14.0 Å². The Bertz CT molecular complexity index is 609. The van der Waals surface area contributed by atoms with Crippen molar-refractivity contribution in [3.63, 3.8) is 0 Å². The van der Waals surface area contributed by atoms with Crippen LogP contribution in [-0.4, -0.2) is 17.7 Å². The molecule has 4 nitrogen and oxygen atoms in total. The summed E-state index contributed by atoms with van der Waals surface area (Å²) in [6.45, 7) is 2.93. The molecule has 0 atom stereocenters. The molecule has 112 valence electrons. The van der Waals surface area contributed by atoms with Crippen LogP contribution in [0.2, 0.25) is 0 Å². The van der Waals surface area contributed by atoms with Crippen LogP contribution in [-0.2, 0) is 24.4 Å². The number of ether oxygens (including phenoxy) is 2. The van der Waals surface area contributed by atoms with Crippen LogP contribution in [0.3, 0.4) is 0 Å². The second-order valence-electron chi connectivity index (χ2n) is 4.83. The van der Waals surface area contributed by atoms with Gasteiger partial charge in [-0.15, -0.1) is 0 Å². The molecule has 1 aliphatic rings. The van der Waals surface area contributed by atoms with Crippen LogP contribution in [0.25, 0.3) is 6.08 Å². The zero-order chi connectivity index (χ0) is 15.8. The summed E-state index contributed by atoms with van der Waals surface area (Å²) in [6.07, 6.45) is 1.27. The van der Waals surface area contributed by atoms with E-state index in [0.717, 1.165) is 0 Å². The number of hydrogen-bond donors (Lipinski definition) is 0. The van der Waals surface area contributed by atoms with Gasteiger partial charge in [0.05, 0.1) is 0 Å². The van der Waals surface area contributed by atoms with Gasteiger partial charge in [-0.3, -0.25) is 0 Å². The molecular formula is C14H11BrFIO4. The topological polar surface area (TPSA) is 52.6 Å². The van der Waals surface area contributed by atoms with Gasteiger partial charge in [0.25, 0.3) is 5.79 Å². The lowest BCUT2D eigenvalue weighted by Gasteiger charge is -2.29. The number of esters is 2. The second-order valence-corrected chi connectivity index (χ2v) is 6.56. The van der Waals surface area contributed by atoms with Crippen LogP contribution < -0.4 is 0 Å². The summed E-state index contributed by atoms with van der Waals surface area (Å²) >= 11 is 5.20. The van der Waals surface area contributed by atoms with Gasteiger partial charge in [-0.1, -0.05) is 15.9 Å². The molecule has 0 bridgehead atoms. The molecule has 0 unspecified atom stereocenters. The first-order chi connectivity index (χ1) is 9.73. The molecule has 1 saturated heterocycles. The van der Waals surface area contributed by atoms with Gasteiger partial charge in [0.1, 0.15) is 11.4 Å². The standard InChI is InChI=1S/C14H11BrFIO4/c1-14(2)20-12(18)8(13(19)21-14)3-7-4-10(16)9(6-15)11(17)5-7/h3-5H,6H2,1-2H3. The molecule has 0 amide bonds. The summed E-state index contributed by atoms with van der Waals surface area (Å²) in [4.78, 5) is 23.6. The lowest BCUT2D eigenvalue weighted by Crippen LogP contribution is -2.41. The number of alkyl halides is 1. The molecule has 0 N–H and O–H groups in total. The molecule has 0 aliphatic carbocycles. The van der Waals surface area contributed by atoms with E-state index in [1.807, 2.05) is 22.6 Å². The average Bonchev–Trinajstić information content (AvgIpc) is 2.32. The normalized spacial score (nSPS) is 17.3. The third-order valence-electron chi connectivity index (χ3n) is 2.72. The minimum Gasteiger partial charge on any atom is -0.419 e. The first-order valence-corrected chi connectivity index (χ1v) is 8.16. The van der Waals surface area contributed by atoms with Crippen molar-refractivity contribution in [2.24, 2.45) is 0 Å². The Hall–Kier alpha value is -0.960. The highest BCUT2D eigenvalue weighted by Gasteiger charge is 2.38. The fraction of sp³-hybridized carbons (Fsp3) is 0.286. The van der Waals surface area contributed by atoms with Crippen molar-refractivity contribution >= 4 is 56.5 Å². The van der Waals surface area contributed by atoms with E-state index >= 15 is 0 Å². The molecule has 1 aromatic carbocycles. The van der Waals surface area contributed by atoms with Gasteiger partial charge in [0.2, 0.25) is 0 Å². The number of halogens is 3. The van der Waals surface area contributed by atoms with E-state index in [0.29, 0.717) is 20.0 Å². The summed E-state index contributed by atoms with van der Waals surface area (Å²) in [5.74, 6) is -3.26. The highest BCUT2D eigenvalue weighted by Crippen LogP contribution is 2.26. The Morgan fingerprint density at radius 3 is 2.33 bits per heavy atom. The molecular weight excluding hydrogens is 458 g/mol. The Balaban J connectivity index is 2.40. The van der Waals surface area contributed by atoms with Gasteiger partial charge >= 0.3 is 11.9 Å². The van der Waals surface area contributed by atoms with Crippen LogP contribution in [0.4, 0.5) is 4.39 Å². The van der Waals surface area contributed by atoms with Crippen molar-refractivity contribution < 1.29 is 23.5 Å². The number of benzene rings is 1. The molecule has 21 heavy (non-hydrogen) atoms. The highest BCUT2D eigenvalue weighted by atomic mass is 127. The van der Waals surface area contributed by atoms with E-state index < -0.39 is 23.5 Å². The average molecular weight is 469 g/mol. The molecule has 1 fully saturated rings. The van der Waals surface area contributed by atoms with Crippen LogP contribution >= 0.6 is 38.5 Å². The number of hydrogen-bond acceptors (Lipinski definition) is 4. The van der Waals surface area contributed by atoms with Crippen molar-refractivity contribution in [2.45, 2.75) is 25.0 Å². The highest BCUT2D eigenvalue weighted by molar-refractivity contribution is 14.1. The third kappa shape index (κ3) is 3.63. The number of cyclic esters (lactones) is 2. The fourth-order valence-electron chi connectivity index (χ4n) is 1.78. The number of rotatable bonds is 2. The monoisotopic (exact) mass is 468 g/mol. The predicted octanol–water partition coefficient (Wildman–Crippen LogP) is 3.54. The predicted molar refractivity (Wildman–Crippen MR) is 86.0 cm³/mol. The molecule has 1 aliphatic heterocycles. The summed E-state index contributed by atoms with van der Waals surface area (Å²) in [6, 6.07) is 2.93. The van der Waals surface area contributed by atoms with E-state index in [2.05, 4.69) is 15.9 Å². The summed E-state index contributed by atoms with van der Waals surface area (Å²) < 4.78 is 24.5. The van der Waals surface area contributed by atoms with Gasteiger partial charge < -0.3 is 9.47 Å². The molecule has 0 radical (unpaired) electrons. The fourth-order valence-corrected chi connectivity index (χ4v) is 3.68. The number of carbonyl (C=O) groups excluding carboxylic acids is 2. The molecule has 0 aromatic heterocycles. The maximum absolute atomic E-state index is 13.9. The first kappa shape index (κ1) is 16.4. The number of carbonyl (C=O) groups is 2. The molecule has 1 heterocycles. The Morgan fingerprint density at radius 2 is 1.86 bits per heavy atom. The maximum atomic E-state index is 13.9. The summed E-state index contributed by atoms with van der Waals surface area (Å²) in [7, 11) is 0. The zero-order valence-electron chi connectivity index (χ0n) is 11.2. The maximum Gasteiger partial charge on any atom is 0.348 e. The Morgan fingerprint density at radius 1 is 1.29 bits per heavy atom. The van der Waals surface area contributed by atoms with E-state index in [4.69, 9.17) is 9.47 Å². The SMILES string of the molecule is CC1(C)OC(=O)C(=Cc2cc(F)c(CBr)c(I)c2)C(=O)O1. The van der Waals surface area contributed by atoms with E-state index in [-0.39, 0.29) is 5.57 Å². The summed E-state index contributed by atoms with van der Waals surface area (Å²) in [5.41, 5.74) is 0.661. The van der Waals surface area contributed by atoms with Crippen molar-refractivity contribution in [2.75, 3.05) is 0 Å². The van der Waals surface area contributed by atoms with Crippen molar-refractivity contribution in [3.8, 4) is 0 Å². The molecule has 1 aromatic rings. The lowest BCUT2D eigenvalue weighted by molar-refractivity contribution is -0.222. The van der Waals surface area contributed by atoms with Crippen molar-refractivity contribution in [1.29, 1.82) is 0 Å². The van der Waals surface area contributed by atoms with Crippen LogP contribution in [0.1, 0.15) is 25.0 Å². The minimum atomic E-state index is -1.29. The Labute approximate surface area is 143 Å². The van der Waals surface area contributed by atoms with Gasteiger partial charge in [-0.2, -0.15) is 0 Å². The van der Waals surface area contributed by atoms with Gasteiger partial charge in [-0.05, 0) is 46.4 Å². The minimum absolute atomic E-state index is 0.254. The Kier molecular flexibility index (Phi) is 4.72. The zero-order valence-corrected chi connectivity index (χ0v) is 14.9. The molecule has 7 heteroatoms. The van der Waals surface area contributed by atoms with Gasteiger partial charge in [0, 0.05) is 28.3 Å². The van der Waals surface area contributed by atoms with Gasteiger partial charge in [0.15, 0.2) is 0 Å². The molecule has 0 saturated carbocycles. The van der Waals surface area contributed by atoms with Crippen molar-refractivity contribution in [3.05, 3.63) is 38.2 Å².